The summed E-state index contributed by atoms with van der Waals surface area (Å²) in [6.07, 6.45) is 2.78. The first-order chi connectivity index (χ1) is 10.1. The number of nitrogens with one attached hydrogen (secondary N) is 1. The molecule has 0 saturated carbocycles. The predicted octanol–water partition coefficient (Wildman–Crippen LogP) is 2.95. The van der Waals surface area contributed by atoms with Crippen LogP contribution in [0, 0.1) is 5.41 Å². The maximum absolute atomic E-state index is 12.7. The molecule has 1 aromatic heterocycles. The highest BCUT2D eigenvalue weighted by Crippen LogP contribution is 2.37. The Morgan fingerprint density at radius 1 is 1.43 bits per heavy atom. The molecule has 1 N–H and O–H groups in total. The number of hydrogen-bond acceptors (Lipinski definition) is 4. The van der Waals surface area contributed by atoms with Crippen LogP contribution in [0.5, 0.6) is 0 Å². The van der Waals surface area contributed by atoms with Gasteiger partial charge in [-0.3, -0.25) is 10.2 Å². The molecule has 0 aliphatic carbocycles. The number of thiazole rings is 1. The van der Waals surface area contributed by atoms with Crippen molar-refractivity contribution in [2.75, 3.05) is 11.4 Å². The molecule has 2 heterocycles. The molecule has 0 fully saturated rings. The lowest BCUT2D eigenvalue weighted by Gasteiger charge is -2.22. The maximum Gasteiger partial charge on any atom is 0.247 e. The molecule has 0 spiro atoms. The van der Waals surface area contributed by atoms with E-state index in [4.69, 9.17) is 5.41 Å². The zero-order valence-corrected chi connectivity index (χ0v) is 13.4. The van der Waals surface area contributed by atoms with Gasteiger partial charge in [0.15, 0.2) is 4.80 Å². The number of hydrogen-bond donors (Lipinski definition) is 1. The lowest BCUT2D eigenvalue weighted by atomic mass is 10.2. The van der Waals surface area contributed by atoms with Crippen LogP contribution >= 0.6 is 23.1 Å². The Balaban J connectivity index is 1.89. The van der Waals surface area contributed by atoms with Crippen molar-refractivity contribution in [3.05, 3.63) is 40.6 Å². The van der Waals surface area contributed by atoms with Crippen LogP contribution in [0.2, 0.25) is 0 Å². The van der Waals surface area contributed by atoms with E-state index < -0.39 is 0 Å². The number of benzene rings is 1. The number of para-hydroxylation sites is 1. The molecule has 0 bridgehead atoms. The summed E-state index contributed by atoms with van der Waals surface area (Å²) in [5.74, 6) is 0.0500. The molecule has 1 aromatic carbocycles. The number of nitrogens with zero attached hydrogens (tertiary/aromatic N) is 2. The van der Waals surface area contributed by atoms with E-state index in [9.17, 15) is 4.79 Å². The van der Waals surface area contributed by atoms with Gasteiger partial charge in [-0.25, -0.2) is 0 Å². The fourth-order valence-electron chi connectivity index (χ4n) is 2.41. The number of rotatable bonds is 2. The van der Waals surface area contributed by atoms with Crippen LogP contribution in [0.25, 0.3) is 0 Å². The number of anilines is 1. The molecule has 0 radical (unpaired) electrons. The fourth-order valence-corrected chi connectivity index (χ4v) is 4.12. The third-order valence-electron chi connectivity index (χ3n) is 3.53. The largest absolute Gasteiger partial charge is 0.315 e. The van der Waals surface area contributed by atoms with Crippen molar-refractivity contribution in [1.82, 2.24) is 4.57 Å². The van der Waals surface area contributed by atoms with Gasteiger partial charge < -0.3 is 9.47 Å². The number of carbonyl (C=O) groups is 1. The molecular weight excluding hydrogens is 302 g/mol. The number of fused-ring (bicyclic) bond motifs is 1. The third kappa shape index (κ3) is 3.06. The Morgan fingerprint density at radius 3 is 3.00 bits per heavy atom. The van der Waals surface area contributed by atoms with E-state index in [2.05, 4.69) is 13.0 Å². The predicted molar refractivity (Wildman–Crippen MR) is 86.9 cm³/mol. The van der Waals surface area contributed by atoms with Gasteiger partial charge >= 0.3 is 0 Å². The molecule has 2 aromatic rings. The van der Waals surface area contributed by atoms with E-state index >= 15 is 0 Å². The van der Waals surface area contributed by atoms with Crippen molar-refractivity contribution in [3.8, 4) is 0 Å². The molecule has 1 amide bonds. The Hall–Kier alpha value is -1.53. The van der Waals surface area contributed by atoms with Crippen molar-refractivity contribution in [1.29, 1.82) is 5.41 Å². The lowest BCUT2D eigenvalue weighted by Crippen LogP contribution is -2.36. The van der Waals surface area contributed by atoms with E-state index in [1.165, 1.54) is 11.3 Å². The lowest BCUT2D eigenvalue weighted by molar-refractivity contribution is -0.119. The maximum atomic E-state index is 12.7. The van der Waals surface area contributed by atoms with Crippen LogP contribution in [-0.2, 0) is 11.3 Å². The molecule has 1 unspecified atom stereocenters. The number of thioether (sulfide) groups is 1. The fraction of sp³-hybridized carbons (Fsp3) is 0.333. The summed E-state index contributed by atoms with van der Waals surface area (Å²) in [7, 11) is 0. The van der Waals surface area contributed by atoms with Gasteiger partial charge in [0.05, 0.1) is 5.69 Å². The SMILES string of the molecule is CC1CCN(C(=O)Cn2ccsc2=N)c2ccccc2S1. The minimum atomic E-state index is 0.0500. The normalized spacial score (nSPS) is 18.1. The number of carbonyl (C=O) groups excluding carboxylic acids is 1. The molecule has 1 aliphatic rings. The van der Waals surface area contributed by atoms with Crippen molar-refractivity contribution >= 4 is 34.7 Å². The molecule has 0 saturated heterocycles. The third-order valence-corrected chi connectivity index (χ3v) is 5.48. The van der Waals surface area contributed by atoms with E-state index in [0.717, 1.165) is 23.5 Å². The van der Waals surface area contributed by atoms with Crippen molar-refractivity contribution < 1.29 is 4.79 Å². The topological polar surface area (TPSA) is 49.1 Å². The van der Waals surface area contributed by atoms with E-state index in [0.29, 0.717) is 10.1 Å². The monoisotopic (exact) mass is 319 g/mol. The zero-order valence-electron chi connectivity index (χ0n) is 11.8. The van der Waals surface area contributed by atoms with E-state index in [-0.39, 0.29) is 12.5 Å². The molecule has 3 rings (SSSR count). The van der Waals surface area contributed by atoms with Crippen LogP contribution in [-0.4, -0.2) is 22.3 Å². The number of aromatic nitrogens is 1. The second-order valence-corrected chi connectivity index (χ2v) is 7.44. The van der Waals surface area contributed by atoms with Gasteiger partial charge in [-0.2, -0.15) is 0 Å². The van der Waals surface area contributed by atoms with Gasteiger partial charge in [0, 0.05) is 28.3 Å². The smallest absolute Gasteiger partial charge is 0.247 e. The van der Waals surface area contributed by atoms with Crippen LogP contribution in [0.1, 0.15) is 13.3 Å². The second kappa shape index (κ2) is 6.07. The average molecular weight is 319 g/mol. The second-order valence-electron chi connectivity index (χ2n) is 5.07. The number of amides is 1. The molecule has 21 heavy (non-hydrogen) atoms. The van der Waals surface area contributed by atoms with Gasteiger partial charge in [-0.15, -0.1) is 23.1 Å². The Bertz CT molecular complexity index is 707. The molecular formula is C15H17N3OS2. The highest BCUT2D eigenvalue weighted by atomic mass is 32.2. The zero-order chi connectivity index (χ0) is 14.8. The first kappa shape index (κ1) is 14.4. The van der Waals surface area contributed by atoms with Crippen molar-refractivity contribution in [3.63, 3.8) is 0 Å². The van der Waals surface area contributed by atoms with Gasteiger partial charge in [-0.1, -0.05) is 19.1 Å². The molecule has 1 atom stereocenters. The Morgan fingerprint density at radius 2 is 2.24 bits per heavy atom. The van der Waals surface area contributed by atoms with Crippen molar-refractivity contribution in [2.45, 2.75) is 30.0 Å². The summed E-state index contributed by atoms with van der Waals surface area (Å²) >= 11 is 3.17. The summed E-state index contributed by atoms with van der Waals surface area (Å²) in [4.78, 5) is 16.1. The summed E-state index contributed by atoms with van der Waals surface area (Å²) in [5, 5.41) is 10.1. The van der Waals surface area contributed by atoms with E-state index in [1.807, 2.05) is 40.2 Å². The molecule has 110 valence electrons. The standard InChI is InChI=1S/C15H17N3OS2/c1-11-6-7-18(12-4-2-3-5-13(12)21-11)14(19)10-17-8-9-20-15(17)16/h2-5,8-9,11,16H,6-7,10H2,1H3. The van der Waals surface area contributed by atoms with Crippen molar-refractivity contribution in [2.24, 2.45) is 0 Å². The van der Waals surface area contributed by atoms with Gasteiger partial charge in [-0.05, 0) is 18.6 Å². The Kier molecular flexibility index (Phi) is 4.17. The minimum absolute atomic E-state index is 0.0500. The highest BCUT2D eigenvalue weighted by Gasteiger charge is 2.24. The summed E-state index contributed by atoms with van der Waals surface area (Å²) in [5.41, 5.74) is 0.999. The molecule has 4 nitrogen and oxygen atoms in total. The highest BCUT2D eigenvalue weighted by molar-refractivity contribution is 8.00. The summed E-state index contributed by atoms with van der Waals surface area (Å²) in [6, 6.07) is 8.08. The first-order valence-electron chi connectivity index (χ1n) is 6.90. The van der Waals surface area contributed by atoms with Crippen LogP contribution in [0.3, 0.4) is 0 Å². The van der Waals surface area contributed by atoms with E-state index in [1.54, 1.807) is 10.8 Å². The minimum Gasteiger partial charge on any atom is -0.315 e. The van der Waals surface area contributed by atoms with Crippen LogP contribution in [0.15, 0.2) is 40.7 Å². The van der Waals surface area contributed by atoms with Gasteiger partial charge in [0.2, 0.25) is 5.91 Å². The first-order valence-corrected chi connectivity index (χ1v) is 8.65. The average Bonchev–Trinajstić information content (AvgIpc) is 2.78. The molecule has 1 aliphatic heterocycles. The quantitative estimate of drug-likeness (QED) is 0.925. The van der Waals surface area contributed by atoms with Crippen LogP contribution in [0.4, 0.5) is 5.69 Å². The summed E-state index contributed by atoms with van der Waals surface area (Å²) in [6.45, 7) is 3.17. The molecule has 6 heteroatoms. The van der Waals surface area contributed by atoms with Crippen LogP contribution < -0.4 is 9.70 Å². The van der Waals surface area contributed by atoms with Gasteiger partial charge in [0.25, 0.3) is 0 Å². The Labute approximate surface area is 131 Å². The van der Waals surface area contributed by atoms with Gasteiger partial charge in [0.1, 0.15) is 6.54 Å². The summed E-state index contributed by atoms with van der Waals surface area (Å²) < 4.78 is 1.69.